The van der Waals surface area contributed by atoms with Crippen LogP contribution in [0.15, 0.2) is 42.5 Å². The number of anilines is 1. The van der Waals surface area contributed by atoms with Crippen molar-refractivity contribution in [3.63, 3.8) is 0 Å². The van der Waals surface area contributed by atoms with Crippen molar-refractivity contribution in [1.29, 1.82) is 0 Å². The van der Waals surface area contributed by atoms with Crippen LogP contribution < -0.4 is 4.90 Å². The molecular formula is C21H25NO5. The average molecular weight is 371 g/mol. The zero-order valence-corrected chi connectivity index (χ0v) is 15.8. The lowest BCUT2D eigenvalue weighted by Gasteiger charge is -2.27. The van der Waals surface area contributed by atoms with Gasteiger partial charge in [0.2, 0.25) is 0 Å². The maximum atomic E-state index is 12.8. The van der Waals surface area contributed by atoms with E-state index in [-0.39, 0.29) is 22.4 Å². The Kier molecular flexibility index (Phi) is 6.96. The number of carboxylic acids is 1. The zero-order valence-electron chi connectivity index (χ0n) is 15.8. The van der Waals surface area contributed by atoms with Gasteiger partial charge in [-0.1, -0.05) is 32.0 Å². The van der Waals surface area contributed by atoms with E-state index < -0.39 is 11.8 Å². The molecule has 0 radical (unpaired) electrons. The molecule has 144 valence electrons. The molecule has 0 saturated heterocycles. The minimum absolute atomic E-state index is 0.0477. The quantitative estimate of drug-likeness (QED) is 0.657. The van der Waals surface area contributed by atoms with Crippen molar-refractivity contribution < 1.29 is 24.5 Å². The first-order chi connectivity index (χ1) is 12.8. The van der Waals surface area contributed by atoms with Gasteiger partial charge in [-0.3, -0.25) is 4.79 Å². The van der Waals surface area contributed by atoms with Crippen molar-refractivity contribution in [2.75, 3.05) is 31.7 Å². The zero-order chi connectivity index (χ0) is 20.0. The van der Waals surface area contributed by atoms with Crippen molar-refractivity contribution in [3.8, 4) is 5.75 Å². The number of aromatic hydroxyl groups is 1. The number of carbonyl (C=O) groups is 2. The van der Waals surface area contributed by atoms with E-state index in [9.17, 15) is 19.8 Å². The summed E-state index contributed by atoms with van der Waals surface area (Å²) in [5.41, 5.74) is 0.809. The van der Waals surface area contributed by atoms with Crippen LogP contribution in [0.4, 0.5) is 5.69 Å². The summed E-state index contributed by atoms with van der Waals surface area (Å²) in [5.74, 6) is -1.47. The molecule has 0 atom stereocenters. The summed E-state index contributed by atoms with van der Waals surface area (Å²) < 4.78 is 5.15. The molecule has 2 rings (SSSR count). The van der Waals surface area contributed by atoms with Crippen LogP contribution in [0.2, 0.25) is 0 Å². The first-order valence-electron chi connectivity index (χ1n) is 8.79. The van der Waals surface area contributed by atoms with Gasteiger partial charge < -0.3 is 19.8 Å². The molecule has 0 fully saturated rings. The second-order valence-corrected chi connectivity index (χ2v) is 6.71. The second kappa shape index (κ2) is 9.19. The summed E-state index contributed by atoms with van der Waals surface area (Å²) in [6, 6.07) is 10.8. The predicted octanol–water partition coefficient (Wildman–Crippen LogP) is 3.43. The summed E-state index contributed by atoms with van der Waals surface area (Å²) in [4.78, 5) is 26.2. The molecule has 0 aliphatic rings. The third-order valence-corrected chi connectivity index (χ3v) is 4.14. The van der Waals surface area contributed by atoms with Gasteiger partial charge in [0.15, 0.2) is 5.78 Å². The van der Waals surface area contributed by atoms with Crippen LogP contribution in [0.1, 0.15) is 40.1 Å². The number of carbonyl (C=O) groups excluding carboxylic acids is 1. The molecule has 6 heteroatoms. The Bertz CT molecular complexity index is 816. The Hall–Kier alpha value is -2.86. The highest BCUT2D eigenvalue weighted by Gasteiger charge is 2.21. The van der Waals surface area contributed by atoms with Crippen LogP contribution in [0.3, 0.4) is 0 Å². The number of methoxy groups -OCH3 is 1. The molecule has 27 heavy (non-hydrogen) atoms. The van der Waals surface area contributed by atoms with Gasteiger partial charge in [-0.2, -0.15) is 0 Å². The standard InChI is InChI=1S/C21H25NO5/c1-14(2)13-22(10-11-27-3)15-8-9-18(19(23)12-15)20(24)16-6-4-5-7-17(16)21(25)26/h4-9,12,14,23H,10-11,13H2,1-3H3,(H,25,26). The Morgan fingerprint density at radius 1 is 1.07 bits per heavy atom. The number of hydrogen-bond donors (Lipinski definition) is 2. The van der Waals surface area contributed by atoms with Gasteiger partial charge in [0, 0.05) is 37.5 Å². The molecule has 0 amide bonds. The van der Waals surface area contributed by atoms with Crippen molar-refractivity contribution in [2.24, 2.45) is 5.92 Å². The summed E-state index contributed by atoms with van der Waals surface area (Å²) in [5, 5.41) is 19.7. The predicted molar refractivity (Wildman–Crippen MR) is 104 cm³/mol. The van der Waals surface area contributed by atoms with Crippen molar-refractivity contribution in [1.82, 2.24) is 0 Å². The molecule has 0 heterocycles. The van der Waals surface area contributed by atoms with Crippen LogP contribution in [-0.4, -0.2) is 48.8 Å². The molecule has 2 N–H and O–H groups in total. The highest BCUT2D eigenvalue weighted by molar-refractivity contribution is 6.15. The Balaban J connectivity index is 2.35. The fourth-order valence-electron chi connectivity index (χ4n) is 2.89. The molecule has 0 aromatic heterocycles. The maximum absolute atomic E-state index is 12.8. The molecule has 0 saturated carbocycles. The largest absolute Gasteiger partial charge is 0.507 e. The topological polar surface area (TPSA) is 87.1 Å². The minimum atomic E-state index is -1.18. The molecule has 6 nitrogen and oxygen atoms in total. The summed E-state index contributed by atoms with van der Waals surface area (Å²) in [6.07, 6.45) is 0. The number of phenols is 1. The number of carboxylic acid groups (broad SMARTS) is 1. The number of aromatic carboxylic acids is 1. The van der Waals surface area contributed by atoms with E-state index in [0.717, 1.165) is 12.2 Å². The van der Waals surface area contributed by atoms with Crippen LogP contribution in [0.25, 0.3) is 0 Å². The number of benzene rings is 2. The maximum Gasteiger partial charge on any atom is 0.336 e. The third-order valence-electron chi connectivity index (χ3n) is 4.14. The number of hydrogen-bond acceptors (Lipinski definition) is 5. The molecule has 2 aromatic rings. The van der Waals surface area contributed by atoms with Crippen molar-refractivity contribution in [2.45, 2.75) is 13.8 Å². The van der Waals surface area contributed by atoms with Crippen molar-refractivity contribution >= 4 is 17.4 Å². The van der Waals surface area contributed by atoms with Crippen LogP contribution >= 0.6 is 0 Å². The van der Waals surface area contributed by atoms with Gasteiger partial charge in [-0.05, 0) is 24.1 Å². The SMILES string of the molecule is COCCN(CC(C)C)c1ccc(C(=O)c2ccccc2C(=O)O)c(O)c1. The van der Waals surface area contributed by atoms with Crippen LogP contribution in [-0.2, 0) is 4.74 Å². The van der Waals surface area contributed by atoms with Gasteiger partial charge in [-0.15, -0.1) is 0 Å². The van der Waals surface area contributed by atoms with E-state index in [1.807, 2.05) is 0 Å². The van der Waals surface area contributed by atoms with E-state index in [2.05, 4.69) is 18.7 Å². The Labute approximate surface area is 159 Å². The molecule has 0 spiro atoms. The first-order valence-corrected chi connectivity index (χ1v) is 8.79. The normalized spacial score (nSPS) is 10.8. The molecule has 0 unspecified atom stereocenters. The number of ketones is 1. The fraction of sp³-hybridized carbons (Fsp3) is 0.333. The van der Waals surface area contributed by atoms with E-state index in [1.54, 1.807) is 25.3 Å². The summed E-state index contributed by atoms with van der Waals surface area (Å²) in [7, 11) is 1.63. The Morgan fingerprint density at radius 2 is 1.74 bits per heavy atom. The average Bonchev–Trinajstić information content (AvgIpc) is 2.64. The second-order valence-electron chi connectivity index (χ2n) is 6.71. The monoisotopic (exact) mass is 371 g/mol. The van der Waals surface area contributed by atoms with E-state index >= 15 is 0 Å². The van der Waals surface area contributed by atoms with Gasteiger partial charge in [0.05, 0.1) is 17.7 Å². The lowest BCUT2D eigenvalue weighted by atomic mass is 9.97. The van der Waals surface area contributed by atoms with E-state index in [0.29, 0.717) is 19.1 Å². The third kappa shape index (κ3) is 5.08. The smallest absolute Gasteiger partial charge is 0.336 e. The number of phenolic OH excluding ortho intramolecular Hbond substituents is 1. The highest BCUT2D eigenvalue weighted by Crippen LogP contribution is 2.28. The molecule has 2 aromatic carbocycles. The van der Waals surface area contributed by atoms with Gasteiger partial charge in [0.25, 0.3) is 0 Å². The van der Waals surface area contributed by atoms with Crippen LogP contribution in [0, 0.1) is 5.92 Å². The van der Waals surface area contributed by atoms with E-state index in [4.69, 9.17) is 4.74 Å². The van der Waals surface area contributed by atoms with Gasteiger partial charge in [-0.25, -0.2) is 4.79 Å². The molecule has 0 bridgehead atoms. The number of rotatable bonds is 9. The highest BCUT2D eigenvalue weighted by atomic mass is 16.5. The lowest BCUT2D eigenvalue weighted by molar-refractivity contribution is 0.0692. The lowest BCUT2D eigenvalue weighted by Crippen LogP contribution is -2.31. The summed E-state index contributed by atoms with van der Waals surface area (Å²) in [6.45, 7) is 6.17. The van der Waals surface area contributed by atoms with Gasteiger partial charge in [0.1, 0.15) is 5.75 Å². The fourth-order valence-corrected chi connectivity index (χ4v) is 2.89. The molecule has 0 aliphatic heterocycles. The summed E-state index contributed by atoms with van der Waals surface area (Å²) >= 11 is 0. The molecular weight excluding hydrogens is 346 g/mol. The first kappa shape index (κ1) is 20.5. The Morgan fingerprint density at radius 3 is 2.30 bits per heavy atom. The number of ether oxygens (including phenoxy) is 1. The van der Waals surface area contributed by atoms with Gasteiger partial charge >= 0.3 is 5.97 Å². The number of nitrogens with zero attached hydrogens (tertiary/aromatic N) is 1. The minimum Gasteiger partial charge on any atom is -0.507 e. The van der Waals surface area contributed by atoms with Crippen LogP contribution in [0.5, 0.6) is 5.75 Å². The van der Waals surface area contributed by atoms with E-state index in [1.165, 1.54) is 24.3 Å². The molecule has 0 aliphatic carbocycles. The van der Waals surface area contributed by atoms with Crippen molar-refractivity contribution in [3.05, 3.63) is 59.2 Å².